The summed E-state index contributed by atoms with van der Waals surface area (Å²) in [6.45, 7) is 9.58. The molecule has 10 aromatic rings. The number of benzene rings is 8. The van der Waals surface area contributed by atoms with Crippen LogP contribution in [0.3, 0.4) is 0 Å². The fraction of sp³-hybridized carbons (Fsp3) is 0.111. The van der Waals surface area contributed by atoms with Crippen molar-refractivity contribution in [1.29, 1.82) is 0 Å². The minimum absolute atomic E-state index is 0.0457. The lowest BCUT2D eigenvalue weighted by molar-refractivity contribution is 0.660. The number of thiophene rings is 1. The Balaban J connectivity index is 1.06. The van der Waals surface area contributed by atoms with Gasteiger partial charge in [0.05, 0.1) is 11.0 Å². The first-order valence-corrected chi connectivity index (χ1v) is 20.6. The van der Waals surface area contributed by atoms with Gasteiger partial charge in [0.1, 0.15) is 0 Å². The number of fused-ring (bicyclic) bond motifs is 13. The van der Waals surface area contributed by atoms with E-state index < -0.39 is 0 Å². The van der Waals surface area contributed by atoms with Crippen molar-refractivity contribution in [2.24, 2.45) is 0 Å². The molecule has 2 aliphatic rings. The first kappa shape index (κ1) is 32.1. The summed E-state index contributed by atoms with van der Waals surface area (Å²) in [4.78, 5) is 0. The molecule has 0 unspecified atom stereocenters. The molecular formula is C54H39NS. The molecule has 2 aliphatic carbocycles. The smallest absolute Gasteiger partial charge is 0.0541 e. The van der Waals surface area contributed by atoms with Gasteiger partial charge in [-0.15, -0.1) is 11.3 Å². The number of rotatable bonds is 3. The van der Waals surface area contributed by atoms with Gasteiger partial charge in [-0.3, -0.25) is 0 Å². The highest BCUT2D eigenvalue weighted by atomic mass is 32.1. The monoisotopic (exact) mass is 733 g/mol. The Hall–Kier alpha value is -6.22. The minimum atomic E-state index is -0.155. The molecule has 1 nitrogen and oxygen atoms in total. The van der Waals surface area contributed by atoms with Gasteiger partial charge < -0.3 is 4.57 Å². The molecular weight excluding hydrogens is 695 g/mol. The lowest BCUT2D eigenvalue weighted by Gasteiger charge is -2.23. The largest absolute Gasteiger partial charge is 0.309 e. The maximum atomic E-state index is 2.50. The van der Waals surface area contributed by atoms with Crippen LogP contribution in [-0.2, 0) is 10.8 Å². The van der Waals surface area contributed by atoms with E-state index in [1.807, 2.05) is 11.3 Å². The molecule has 12 rings (SSSR count). The molecule has 0 N–H and O–H groups in total. The number of hydrogen-bond donors (Lipinski definition) is 0. The van der Waals surface area contributed by atoms with Gasteiger partial charge in [0.15, 0.2) is 0 Å². The normalized spacial score (nSPS) is 14.7. The van der Waals surface area contributed by atoms with Crippen molar-refractivity contribution in [3.8, 4) is 50.2 Å². The van der Waals surface area contributed by atoms with Gasteiger partial charge in [0.2, 0.25) is 0 Å². The Bertz CT molecular complexity index is 3300. The molecule has 0 saturated heterocycles. The van der Waals surface area contributed by atoms with Crippen LogP contribution in [-0.4, -0.2) is 4.57 Å². The Morgan fingerprint density at radius 2 is 0.982 bits per heavy atom. The quantitative estimate of drug-likeness (QED) is 0.170. The van der Waals surface area contributed by atoms with Crippen molar-refractivity contribution >= 4 is 53.3 Å². The maximum absolute atomic E-state index is 2.50. The molecule has 0 spiro atoms. The van der Waals surface area contributed by atoms with E-state index in [0.29, 0.717) is 0 Å². The van der Waals surface area contributed by atoms with Gasteiger partial charge in [-0.05, 0) is 121 Å². The molecule has 8 aromatic carbocycles. The van der Waals surface area contributed by atoms with Gasteiger partial charge in [0.25, 0.3) is 0 Å². The summed E-state index contributed by atoms with van der Waals surface area (Å²) < 4.78 is 5.23. The second kappa shape index (κ2) is 11.2. The molecule has 56 heavy (non-hydrogen) atoms. The third kappa shape index (κ3) is 4.25. The Morgan fingerprint density at radius 1 is 0.393 bits per heavy atom. The molecule has 0 amide bonds. The Morgan fingerprint density at radius 3 is 1.79 bits per heavy atom. The number of nitrogens with zero attached hydrogens (tertiary/aromatic N) is 1. The van der Waals surface area contributed by atoms with Crippen molar-refractivity contribution < 1.29 is 0 Å². The lowest BCUT2D eigenvalue weighted by atomic mass is 9.80. The molecule has 2 aromatic heterocycles. The number of aromatic nitrogens is 1. The second-order valence-electron chi connectivity index (χ2n) is 16.9. The van der Waals surface area contributed by atoms with E-state index in [4.69, 9.17) is 0 Å². The first-order chi connectivity index (χ1) is 27.3. The Labute approximate surface area is 331 Å². The third-order valence-corrected chi connectivity index (χ3v) is 14.3. The molecule has 0 saturated carbocycles. The van der Waals surface area contributed by atoms with Crippen molar-refractivity contribution in [3.63, 3.8) is 0 Å². The highest BCUT2D eigenvalue weighted by Gasteiger charge is 2.38. The van der Waals surface area contributed by atoms with Crippen LogP contribution in [0, 0.1) is 0 Å². The summed E-state index contributed by atoms with van der Waals surface area (Å²) >= 11 is 1.91. The molecule has 0 aliphatic heterocycles. The highest BCUT2D eigenvalue weighted by Crippen LogP contribution is 2.55. The van der Waals surface area contributed by atoms with Gasteiger partial charge in [0, 0.05) is 47.5 Å². The fourth-order valence-corrected chi connectivity index (χ4v) is 11.5. The average molecular weight is 734 g/mol. The predicted molar refractivity (Wildman–Crippen MR) is 240 cm³/mol. The topological polar surface area (TPSA) is 4.93 Å². The van der Waals surface area contributed by atoms with E-state index >= 15 is 0 Å². The summed E-state index contributed by atoms with van der Waals surface area (Å²) in [7, 11) is 0. The van der Waals surface area contributed by atoms with E-state index in [2.05, 4.69) is 196 Å². The summed E-state index contributed by atoms with van der Waals surface area (Å²) in [6, 6.07) is 61.8. The zero-order valence-electron chi connectivity index (χ0n) is 31.9. The number of hydrogen-bond acceptors (Lipinski definition) is 1. The summed E-state index contributed by atoms with van der Waals surface area (Å²) in [5, 5.41) is 5.33. The average Bonchev–Trinajstić information content (AvgIpc) is 3.91. The van der Waals surface area contributed by atoms with Crippen molar-refractivity contribution in [1.82, 2.24) is 4.57 Å². The zero-order chi connectivity index (χ0) is 37.5. The zero-order valence-corrected chi connectivity index (χ0v) is 32.8. The molecule has 2 heterocycles. The van der Waals surface area contributed by atoms with Gasteiger partial charge in [-0.2, -0.15) is 0 Å². The highest BCUT2D eigenvalue weighted by molar-refractivity contribution is 7.25. The summed E-state index contributed by atoms with van der Waals surface area (Å²) in [5.41, 5.74) is 19.5. The van der Waals surface area contributed by atoms with Crippen LogP contribution in [0.4, 0.5) is 0 Å². The lowest BCUT2D eigenvalue weighted by Crippen LogP contribution is -2.15. The maximum Gasteiger partial charge on any atom is 0.0541 e. The standard InChI is InChI=1S/C54H39NS/c1-53(2)44-16-10-8-14-37(44)38-22-18-35(30-45(38)53)34-20-26-48-43(29-34)42-28-33(32-12-6-5-7-13-32)19-25-47(42)55(48)36-21-23-39-40-24-27-50-51(41-15-9-11-17-49(41)56-50)52(40)54(3,4)46(39)31-36/h5-31H,1-4H3. The van der Waals surface area contributed by atoms with E-state index in [1.54, 1.807) is 0 Å². The van der Waals surface area contributed by atoms with E-state index in [0.717, 1.165) is 0 Å². The van der Waals surface area contributed by atoms with Crippen molar-refractivity contribution in [2.45, 2.75) is 38.5 Å². The molecule has 0 bridgehead atoms. The van der Waals surface area contributed by atoms with E-state index in [9.17, 15) is 0 Å². The third-order valence-electron chi connectivity index (χ3n) is 13.2. The van der Waals surface area contributed by atoms with Crippen LogP contribution in [0.1, 0.15) is 49.9 Å². The molecule has 266 valence electrons. The summed E-state index contributed by atoms with van der Waals surface area (Å²) in [6.07, 6.45) is 0. The van der Waals surface area contributed by atoms with Crippen LogP contribution in [0.15, 0.2) is 164 Å². The Kier molecular flexibility index (Phi) is 6.40. The van der Waals surface area contributed by atoms with Crippen LogP contribution in [0.2, 0.25) is 0 Å². The van der Waals surface area contributed by atoms with Gasteiger partial charge in [-0.1, -0.05) is 137 Å². The first-order valence-electron chi connectivity index (χ1n) is 19.8. The van der Waals surface area contributed by atoms with Crippen LogP contribution in [0.25, 0.3) is 92.2 Å². The van der Waals surface area contributed by atoms with E-state index in [-0.39, 0.29) is 10.8 Å². The molecule has 2 heteroatoms. The van der Waals surface area contributed by atoms with Crippen LogP contribution < -0.4 is 0 Å². The SMILES string of the molecule is CC1(C)c2ccccc2-c2ccc(-c3ccc4c(c3)c3cc(-c5ccccc5)ccc3n4-c3ccc4c(c3)C(C)(C)c3c-4ccc4sc5ccccc5c34)cc21. The molecule has 0 fully saturated rings. The fourth-order valence-electron chi connectivity index (χ4n) is 10.4. The van der Waals surface area contributed by atoms with Crippen molar-refractivity contribution in [3.05, 3.63) is 186 Å². The van der Waals surface area contributed by atoms with Gasteiger partial charge >= 0.3 is 0 Å². The van der Waals surface area contributed by atoms with Gasteiger partial charge in [-0.25, -0.2) is 0 Å². The molecule has 0 atom stereocenters. The predicted octanol–water partition coefficient (Wildman–Crippen LogP) is 15.1. The van der Waals surface area contributed by atoms with Crippen LogP contribution in [0.5, 0.6) is 0 Å². The second-order valence-corrected chi connectivity index (χ2v) is 18.0. The van der Waals surface area contributed by atoms with Crippen LogP contribution >= 0.6 is 11.3 Å². The van der Waals surface area contributed by atoms with Crippen molar-refractivity contribution in [2.75, 3.05) is 0 Å². The minimum Gasteiger partial charge on any atom is -0.309 e. The van der Waals surface area contributed by atoms with E-state index in [1.165, 1.54) is 114 Å². The summed E-state index contributed by atoms with van der Waals surface area (Å²) in [5.74, 6) is 0. The molecule has 0 radical (unpaired) electrons.